The van der Waals surface area contributed by atoms with Crippen LogP contribution in [-0.2, 0) is 0 Å². The second kappa shape index (κ2) is 9.36. The maximum absolute atomic E-state index is 12.1. The zero-order chi connectivity index (χ0) is 19.8. The third-order valence-corrected chi connectivity index (χ3v) is 3.94. The van der Waals surface area contributed by atoms with E-state index in [-0.39, 0.29) is 11.6 Å². The Morgan fingerprint density at radius 3 is 2.29 bits per heavy atom. The molecule has 0 aliphatic rings. The van der Waals surface area contributed by atoms with E-state index >= 15 is 0 Å². The van der Waals surface area contributed by atoms with Crippen molar-refractivity contribution in [2.45, 2.75) is 6.92 Å². The fraction of sp³-hybridized carbons (Fsp3) is 0.190. The molecule has 7 heteroatoms. The Balaban J connectivity index is 1.44. The van der Waals surface area contributed by atoms with Gasteiger partial charge in [-0.1, -0.05) is 17.7 Å². The molecule has 1 heterocycles. The van der Waals surface area contributed by atoms with Crippen molar-refractivity contribution in [3.63, 3.8) is 0 Å². The van der Waals surface area contributed by atoms with Crippen LogP contribution in [0.1, 0.15) is 16.1 Å². The summed E-state index contributed by atoms with van der Waals surface area (Å²) in [5.41, 5.74) is 2.34. The van der Waals surface area contributed by atoms with Gasteiger partial charge in [-0.05, 0) is 55.5 Å². The minimum atomic E-state index is -0.298. The molecule has 1 amide bonds. The molecule has 0 spiro atoms. The van der Waals surface area contributed by atoms with Crippen LogP contribution in [0.15, 0.2) is 60.7 Å². The average Bonchev–Trinajstić information content (AvgIpc) is 2.73. The average molecular weight is 378 g/mol. The Hall–Kier alpha value is -3.61. The van der Waals surface area contributed by atoms with Crippen molar-refractivity contribution in [1.82, 2.24) is 15.5 Å². The predicted octanol–water partition coefficient (Wildman–Crippen LogP) is 3.35. The largest absolute Gasteiger partial charge is 0.497 e. The lowest BCUT2D eigenvalue weighted by Gasteiger charge is -2.08. The first-order valence-corrected chi connectivity index (χ1v) is 8.86. The van der Waals surface area contributed by atoms with Crippen LogP contribution in [0.2, 0.25) is 0 Å². The molecule has 144 valence electrons. The fourth-order valence-electron chi connectivity index (χ4n) is 2.40. The summed E-state index contributed by atoms with van der Waals surface area (Å²) in [6.07, 6.45) is 0. The Morgan fingerprint density at radius 2 is 1.64 bits per heavy atom. The molecule has 7 nitrogen and oxygen atoms in total. The van der Waals surface area contributed by atoms with Gasteiger partial charge in [0.2, 0.25) is 0 Å². The third-order valence-electron chi connectivity index (χ3n) is 3.94. The van der Waals surface area contributed by atoms with Crippen LogP contribution < -0.4 is 20.1 Å². The number of nitrogens with one attached hydrogen (secondary N) is 2. The van der Waals surface area contributed by atoms with E-state index in [1.807, 2.05) is 55.5 Å². The highest BCUT2D eigenvalue weighted by Crippen LogP contribution is 2.17. The van der Waals surface area contributed by atoms with Crippen molar-refractivity contribution in [1.29, 1.82) is 0 Å². The number of benzene rings is 2. The molecule has 0 atom stereocenters. The van der Waals surface area contributed by atoms with Crippen LogP contribution >= 0.6 is 0 Å². The highest BCUT2D eigenvalue weighted by molar-refractivity contribution is 5.92. The minimum absolute atomic E-state index is 0.249. The van der Waals surface area contributed by atoms with Gasteiger partial charge in [-0.15, -0.1) is 10.2 Å². The number of methoxy groups -OCH3 is 1. The van der Waals surface area contributed by atoms with Crippen molar-refractivity contribution in [2.24, 2.45) is 0 Å². The molecule has 0 aliphatic carbocycles. The first-order chi connectivity index (χ1) is 13.6. The number of nitrogens with zero attached hydrogens (tertiary/aromatic N) is 2. The molecule has 2 aromatic carbocycles. The number of aryl methyl sites for hydroxylation is 1. The van der Waals surface area contributed by atoms with Crippen LogP contribution in [0.25, 0.3) is 0 Å². The van der Waals surface area contributed by atoms with Gasteiger partial charge in [-0.2, -0.15) is 0 Å². The van der Waals surface area contributed by atoms with Crippen molar-refractivity contribution in [3.8, 4) is 11.5 Å². The van der Waals surface area contributed by atoms with Crippen LogP contribution in [0, 0.1) is 6.92 Å². The summed E-state index contributed by atoms with van der Waals surface area (Å²) >= 11 is 0. The zero-order valence-corrected chi connectivity index (χ0v) is 15.8. The van der Waals surface area contributed by atoms with Crippen LogP contribution in [0.3, 0.4) is 0 Å². The first-order valence-electron chi connectivity index (χ1n) is 8.86. The second-order valence-corrected chi connectivity index (χ2v) is 6.07. The second-order valence-electron chi connectivity index (χ2n) is 6.07. The molecule has 0 saturated carbocycles. The summed E-state index contributed by atoms with van der Waals surface area (Å²) in [5.74, 6) is 1.75. The lowest BCUT2D eigenvalue weighted by atomic mass is 10.2. The number of anilines is 2. The highest BCUT2D eigenvalue weighted by Gasteiger charge is 2.08. The molecule has 0 radical (unpaired) electrons. The van der Waals surface area contributed by atoms with Crippen LogP contribution in [0.4, 0.5) is 11.5 Å². The van der Waals surface area contributed by atoms with E-state index in [1.54, 1.807) is 19.2 Å². The minimum Gasteiger partial charge on any atom is -0.497 e. The topological polar surface area (TPSA) is 85.4 Å². The molecule has 3 rings (SSSR count). The van der Waals surface area contributed by atoms with Gasteiger partial charge in [-0.25, -0.2) is 0 Å². The molecular formula is C21H22N4O3. The van der Waals surface area contributed by atoms with Gasteiger partial charge in [0.1, 0.15) is 18.1 Å². The molecular weight excluding hydrogens is 356 g/mol. The molecule has 2 N–H and O–H groups in total. The van der Waals surface area contributed by atoms with E-state index in [1.165, 1.54) is 5.56 Å². The standard InChI is InChI=1S/C21H22N4O3/c1-15-3-5-16(6-4-15)23-20-12-11-19(24-25-20)21(26)22-13-14-28-18-9-7-17(27-2)8-10-18/h3-12H,13-14H2,1-2H3,(H,22,26)(H,23,25). The first kappa shape index (κ1) is 19.2. The maximum atomic E-state index is 12.1. The number of amides is 1. The highest BCUT2D eigenvalue weighted by atomic mass is 16.5. The van der Waals surface area contributed by atoms with Crippen molar-refractivity contribution in [2.75, 3.05) is 25.6 Å². The van der Waals surface area contributed by atoms with E-state index in [2.05, 4.69) is 20.8 Å². The molecule has 0 aliphatic heterocycles. The molecule has 0 bridgehead atoms. The Kier molecular flexibility index (Phi) is 6.41. The molecule has 3 aromatic rings. The quantitative estimate of drug-likeness (QED) is 0.585. The van der Waals surface area contributed by atoms with Crippen molar-refractivity contribution >= 4 is 17.4 Å². The van der Waals surface area contributed by atoms with Crippen molar-refractivity contribution < 1.29 is 14.3 Å². The number of carbonyl (C=O) groups is 1. The van der Waals surface area contributed by atoms with Crippen LogP contribution in [0.5, 0.6) is 11.5 Å². The zero-order valence-electron chi connectivity index (χ0n) is 15.8. The summed E-state index contributed by atoms with van der Waals surface area (Å²) < 4.78 is 10.7. The van der Waals surface area contributed by atoms with E-state index in [0.29, 0.717) is 24.7 Å². The van der Waals surface area contributed by atoms with Gasteiger partial charge < -0.3 is 20.1 Å². The Bertz CT molecular complexity index is 894. The molecule has 0 fully saturated rings. The van der Waals surface area contributed by atoms with E-state index in [0.717, 1.165) is 11.4 Å². The van der Waals surface area contributed by atoms with Gasteiger partial charge >= 0.3 is 0 Å². The number of carbonyl (C=O) groups excluding carboxylic acids is 1. The lowest BCUT2D eigenvalue weighted by Crippen LogP contribution is -2.29. The molecule has 0 saturated heterocycles. The normalized spacial score (nSPS) is 10.2. The number of aromatic nitrogens is 2. The smallest absolute Gasteiger partial charge is 0.271 e. The monoisotopic (exact) mass is 378 g/mol. The molecule has 28 heavy (non-hydrogen) atoms. The van der Waals surface area contributed by atoms with Gasteiger partial charge in [0, 0.05) is 5.69 Å². The number of hydrogen-bond acceptors (Lipinski definition) is 6. The van der Waals surface area contributed by atoms with Crippen molar-refractivity contribution in [3.05, 3.63) is 71.9 Å². The SMILES string of the molecule is COc1ccc(OCCNC(=O)c2ccc(Nc3ccc(C)cc3)nn2)cc1. The summed E-state index contributed by atoms with van der Waals surface area (Å²) in [6, 6.07) is 18.5. The predicted molar refractivity (Wildman–Crippen MR) is 107 cm³/mol. The van der Waals surface area contributed by atoms with Gasteiger partial charge in [0.15, 0.2) is 11.5 Å². The van der Waals surface area contributed by atoms with E-state index in [9.17, 15) is 4.79 Å². The third kappa shape index (κ3) is 5.44. The van der Waals surface area contributed by atoms with Gasteiger partial charge in [0.25, 0.3) is 5.91 Å². The summed E-state index contributed by atoms with van der Waals surface area (Å²) in [7, 11) is 1.61. The van der Waals surface area contributed by atoms with Gasteiger partial charge in [-0.3, -0.25) is 4.79 Å². The summed E-state index contributed by atoms with van der Waals surface area (Å²) in [5, 5.41) is 13.9. The van der Waals surface area contributed by atoms with E-state index in [4.69, 9.17) is 9.47 Å². The summed E-state index contributed by atoms with van der Waals surface area (Å²) in [6.45, 7) is 2.73. The number of ether oxygens (including phenoxy) is 2. The fourth-order valence-corrected chi connectivity index (χ4v) is 2.40. The Morgan fingerprint density at radius 1 is 0.929 bits per heavy atom. The van der Waals surface area contributed by atoms with Gasteiger partial charge in [0.05, 0.1) is 13.7 Å². The van der Waals surface area contributed by atoms with E-state index < -0.39 is 0 Å². The molecule has 1 aromatic heterocycles. The van der Waals surface area contributed by atoms with Crippen LogP contribution in [-0.4, -0.2) is 36.4 Å². The number of hydrogen-bond donors (Lipinski definition) is 2. The molecule has 0 unspecified atom stereocenters. The maximum Gasteiger partial charge on any atom is 0.271 e. The number of rotatable bonds is 8. The Labute approximate surface area is 163 Å². The summed E-state index contributed by atoms with van der Waals surface area (Å²) in [4.78, 5) is 12.1. The lowest BCUT2D eigenvalue weighted by molar-refractivity contribution is 0.0941.